The maximum atomic E-state index is 12.6. The molecule has 1 saturated heterocycles. The van der Waals surface area contributed by atoms with Gasteiger partial charge in [-0.2, -0.15) is 15.0 Å². The number of carbonyl (C=O) groups excluding carboxylic acids is 2. The van der Waals surface area contributed by atoms with E-state index in [2.05, 4.69) is 20.3 Å². The molecule has 10 nitrogen and oxygen atoms in total. The molecule has 10 heteroatoms. The number of para-hydroxylation sites is 2. The number of benzene rings is 2. The Hall–Kier alpha value is -4.21. The zero-order chi connectivity index (χ0) is 22.5. The zero-order valence-electron chi connectivity index (χ0n) is 17.4. The minimum atomic E-state index is -0.559. The summed E-state index contributed by atoms with van der Waals surface area (Å²) in [6, 6.07) is 14.0. The molecular formula is C22H22N6O4. The summed E-state index contributed by atoms with van der Waals surface area (Å²) in [4.78, 5) is 38.5. The van der Waals surface area contributed by atoms with Gasteiger partial charge in [0.1, 0.15) is 5.75 Å². The quantitative estimate of drug-likeness (QED) is 0.538. The van der Waals surface area contributed by atoms with Crippen LogP contribution < -0.4 is 20.7 Å². The SMILES string of the molecule is COc1ccccc1Nc1nc(N)nc(COC(=O)c2cccc(N3CCCC3=O)c2)n1. The molecule has 1 aliphatic rings. The summed E-state index contributed by atoms with van der Waals surface area (Å²) in [5.74, 6) is 0.466. The number of nitrogens with one attached hydrogen (secondary N) is 1. The Morgan fingerprint density at radius 3 is 2.78 bits per heavy atom. The molecule has 4 rings (SSSR count). The first-order chi connectivity index (χ1) is 15.5. The molecule has 2 heterocycles. The van der Waals surface area contributed by atoms with Gasteiger partial charge in [0.2, 0.25) is 17.8 Å². The molecule has 0 bridgehead atoms. The summed E-state index contributed by atoms with van der Waals surface area (Å²) in [5.41, 5.74) is 7.45. The smallest absolute Gasteiger partial charge is 0.338 e. The zero-order valence-corrected chi connectivity index (χ0v) is 17.4. The summed E-state index contributed by atoms with van der Waals surface area (Å²) >= 11 is 0. The Morgan fingerprint density at radius 2 is 2.00 bits per heavy atom. The van der Waals surface area contributed by atoms with Crippen LogP contribution in [0.4, 0.5) is 23.3 Å². The number of hydrogen-bond donors (Lipinski definition) is 2. The average Bonchev–Trinajstić information content (AvgIpc) is 3.23. The van der Waals surface area contributed by atoms with Gasteiger partial charge < -0.3 is 25.4 Å². The highest BCUT2D eigenvalue weighted by atomic mass is 16.5. The molecule has 1 aromatic heterocycles. The number of esters is 1. The highest BCUT2D eigenvalue weighted by Gasteiger charge is 2.22. The van der Waals surface area contributed by atoms with Crippen LogP contribution in [0.3, 0.4) is 0 Å². The van der Waals surface area contributed by atoms with Crippen molar-refractivity contribution < 1.29 is 19.1 Å². The van der Waals surface area contributed by atoms with Crippen LogP contribution in [-0.4, -0.2) is 40.5 Å². The third kappa shape index (κ3) is 4.75. The molecular weight excluding hydrogens is 412 g/mol. The molecule has 0 aliphatic carbocycles. The lowest BCUT2D eigenvalue weighted by Gasteiger charge is -2.16. The standard InChI is InChI=1S/C22H22N6O4/c1-31-17-9-3-2-8-16(17)24-22-26-18(25-21(23)27-22)13-32-20(30)14-6-4-7-15(12-14)28-11-5-10-19(28)29/h2-4,6-9,12H,5,10-11,13H2,1H3,(H3,23,24,25,26,27). The highest BCUT2D eigenvalue weighted by molar-refractivity contribution is 5.97. The maximum absolute atomic E-state index is 12.6. The Labute approximate surface area is 184 Å². The molecule has 0 unspecified atom stereocenters. The fourth-order valence-corrected chi connectivity index (χ4v) is 3.36. The Kier molecular flexibility index (Phi) is 6.11. The van der Waals surface area contributed by atoms with Gasteiger partial charge in [0.05, 0.1) is 18.4 Å². The Bertz CT molecular complexity index is 1150. The van der Waals surface area contributed by atoms with Crippen molar-refractivity contribution in [3.05, 3.63) is 59.9 Å². The largest absolute Gasteiger partial charge is 0.495 e. The summed E-state index contributed by atoms with van der Waals surface area (Å²) in [7, 11) is 1.56. The third-order valence-corrected chi connectivity index (χ3v) is 4.85. The first-order valence-electron chi connectivity index (χ1n) is 10.0. The molecule has 1 aliphatic heterocycles. The van der Waals surface area contributed by atoms with Crippen molar-refractivity contribution in [2.75, 3.05) is 29.6 Å². The first kappa shape index (κ1) is 21.0. The number of methoxy groups -OCH3 is 1. The van der Waals surface area contributed by atoms with Gasteiger partial charge >= 0.3 is 5.97 Å². The fourth-order valence-electron chi connectivity index (χ4n) is 3.36. The van der Waals surface area contributed by atoms with Crippen LogP contribution >= 0.6 is 0 Å². The van der Waals surface area contributed by atoms with Gasteiger partial charge in [0, 0.05) is 18.7 Å². The van der Waals surface area contributed by atoms with Gasteiger partial charge in [-0.25, -0.2) is 4.79 Å². The summed E-state index contributed by atoms with van der Waals surface area (Å²) in [5, 5.41) is 3.02. The van der Waals surface area contributed by atoms with E-state index >= 15 is 0 Å². The van der Waals surface area contributed by atoms with E-state index < -0.39 is 5.97 Å². The lowest BCUT2D eigenvalue weighted by atomic mass is 10.2. The maximum Gasteiger partial charge on any atom is 0.338 e. The molecule has 0 spiro atoms. The van der Waals surface area contributed by atoms with Crippen molar-refractivity contribution >= 4 is 35.1 Å². The Morgan fingerprint density at radius 1 is 1.16 bits per heavy atom. The van der Waals surface area contributed by atoms with Crippen LogP contribution in [0.25, 0.3) is 0 Å². The van der Waals surface area contributed by atoms with E-state index in [-0.39, 0.29) is 30.2 Å². The van der Waals surface area contributed by atoms with Crippen molar-refractivity contribution in [1.82, 2.24) is 15.0 Å². The number of carbonyl (C=O) groups is 2. The van der Waals surface area contributed by atoms with Crippen molar-refractivity contribution in [2.24, 2.45) is 0 Å². The molecule has 2 aromatic carbocycles. The van der Waals surface area contributed by atoms with E-state index in [1.165, 1.54) is 0 Å². The number of amides is 1. The summed E-state index contributed by atoms with van der Waals surface area (Å²) in [6.45, 7) is 0.447. The Balaban J connectivity index is 1.45. The van der Waals surface area contributed by atoms with Crippen LogP contribution in [-0.2, 0) is 16.1 Å². The van der Waals surface area contributed by atoms with E-state index in [0.717, 1.165) is 6.42 Å². The predicted molar refractivity (Wildman–Crippen MR) is 118 cm³/mol. The van der Waals surface area contributed by atoms with Gasteiger partial charge in [0.25, 0.3) is 0 Å². The molecule has 1 fully saturated rings. The topological polar surface area (TPSA) is 133 Å². The second-order valence-electron chi connectivity index (χ2n) is 7.03. The van der Waals surface area contributed by atoms with E-state index in [1.54, 1.807) is 48.4 Å². The summed E-state index contributed by atoms with van der Waals surface area (Å²) < 4.78 is 10.7. The van der Waals surface area contributed by atoms with Crippen molar-refractivity contribution in [1.29, 1.82) is 0 Å². The fraction of sp³-hybridized carbons (Fsp3) is 0.227. The van der Waals surface area contributed by atoms with Crippen LogP contribution in [0.1, 0.15) is 29.0 Å². The van der Waals surface area contributed by atoms with Crippen LogP contribution in [0.2, 0.25) is 0 Å². The number of nitrogens with two attached hydrogens (primary N) is 1. The first-order valence-corrected chi connectivity index (χ1v) is 10.0. The predicted octanol–water partition coefficient (Wildman–Crippen LogP) is 2.69. The van der Waals surface area contributed by atoms with Crippen molar-refractivity contribution in [2.45, 2.75) is 19.4 Å². The minimum Gasteiger partial charge on any atom is -0.495 e. The highest BCUT2D eigenvalue weighted by Crippen LogP contribution is 2.26. The number of nitrogens with zero attached hydrogens (tertiary/aromatic N) is 4. The molecule has 32 heavy (non-hydrogen) atoms. The van der Waals surface area contributed by atoms with E-state index in [0.29, 0.717) is 35.7 Å². The monoisotopic (exact) mass is 434 g/mol. The third-order valence-electron chi connectivity index (χ3n) is 4.85. The average molecular weight is 434 g/mol. The van der Waals surface area contributed by atoms with E-state index in [4.69, 9.17) is 15.2 Å². The second kappa shape index (κ2) is 9.29. The van der Waals surface area contributed by atoms with E-state index in [9.17, 15) is 9.59 Å². The second-order valence-corrected chi connectivity index (χ2v) is 7.03. The molecule has 0 atom stereocenters. The molecule has 0 saturated carbocycles. The molecule has 164 valence electrons. The van der Waals surface area contributed by atoms with Crippen LogP contribution in [0, 0.1) is 0 Å². The van der Waals surface area contributed by atoms with Crippen molar-refractivity contribution in [3.63, 3.8) is 0 Å². The summed E-state index contributed by atoms with van der Waals surface area (Å²) in [6.07, 6.45) is 1.32. The lowest BCUT2D eigenvalue weighted by Crippen LogP contribution is -2.23. The van der Waals surface area contributed by atoms with Gasteiger partial charge in [-0.05, 0) is 36.8 Å². The molecule has 3 aromatic rings. The molecule has 3 N–H and O–H groups in total. The van der Waals surface area contributed by atoms with Gasteiger partial charge in [-0.15, -0.1) is 0 Å². The number of ether oxygens (including phenoxy) is 2. The van der Waals surface area contributed by atoms with Crippen LogP contribution in [0.5, 0.6) is 5.75 Å². The number of hydrogen-bond acceptors (Lipinski definition) is 9. The normalized spacial score (nSPS) is 13.2. The number of nitrogen functional groups attached to an aromatic ring is 1. The van der Waals surface area contributed by atoms with E-state index in [1.807, 2.05) is 12.1 Å². The van der Waals surface area contributed by atoms with Crippen molar-refractivity contribution in [3.8, 4) is 5.75 Å². The van der Waals surface area contributed by atoms with Gasteiger partial charge in [-0.3, -0.25) is 4.79 Å². The number of anilines is 4. The number of aromatic nitrogens is 3. The van der Waals surface area contributed by atoms with Gasteiger partial charge in [0.15, 0.2) is 12.4 Å². The minimum absolute atomic E-state index is 0.0157. The molecule has 1 amide bonds. The van der Waals surface area contributed by atoms with Gasteiger partial charge in [-0.1, -0.05) is 18.2 Å². The molecule has 0 radical (unpaired) electrons. The lowest BCUT2D eigenvalue weighted by molar-refractivity contribution is -0.117. The number of rotatable bonds is 7. The van der Waals surface area contributed by atoms with Crippen LogP contribution in [0.15, 0.2) is 48.5 Å².